The minimum Gasteiger partial charge on any atom is -0.619 e. The molecule has 4 heteroatoms. The van der Waals surface area contributed by atoms with Gasteiger partial charge >= 0.3 is 0 Å². The molecule has 17 heavy (non-hydrogen) atoms. The van der Waals surface area contributed by atoms with Gasteiger partial charge in [-0.1, -0.05) is 23.8 Å². The van der Waals surface area contributed by atoms with Crippen molar-refractivity contribution >= 4 is 11.5 Å². The van der Waals surface area contributed by atoms with Crippen LogP contribution in [0.5, 0.6) is 0 Å². The van der Waals surface area contributed by atoms with Crippen molar-refractivity contribution in [2.45, 2.75) is 6.92 Å². The molecule has 0 amide bonds. The van der Waals surface area contributed by atoms with Gasteiger partial charge in [0, 0.05) is 11.6 Å². The third-order valence-electron chi connectivity index (χ3n) is 2.49. The van der Waals surface area contributed by atoms with Crippen LogP contribution < -0.4 is 10.5 Å². The van der Waals surface area contributed by atoms with Crippen LogP contribution in [0.4, 0.5) is 5.69 Å². The Labute approximate surface area is 98.9 Å². The zero-order valence-electron chi connectivity index (χ0n) is 9.38. The summed E-state index contributed by atoms with van der Waals surface area (Å²) >= 11 is 0. The van der Waals surface area contributed by atoms with Crippen molar-refractivity contribution in [1.82, 2.24) is 0 Å². The van der Waals surface area contributed by atoms with Crippen molar-refractivity contribution in [3.8, 4) is 0 Å². The fourth-order valence-corrected chi connectivity index (χ4v) is 1.64. The normalized spacial score (nSPS) is 10.2. The van der Waals surface area contributed by atoms with Crippen LogP contribution >= 0.6 is 0 Å². The summed E-state index contributed by atoms with van der Waals surface area (Å²) in [5, 5.41) is 11.0. The number of ketones is 1. The summed E-state index contributed by atoms with van der Waals surface area (Å²) in [6.07, 6.45) is 2.45. The van der Waals surface area contributed by atoms with Gasteiger partial charge in [0.05, 0.1) is 5.56 Å². The minimum atomic E-state index is -0.174. The van der Waals surface area contributed by atoms with Crippen LogP contribution in [0.2, 0.25) is 0 Å². The molecular weight excluding hydrogens is 216 g/mol. The molecule has 2 N–H and O–H groups in total. The number of nitrogens with two attached hydrogens (primary N) is 1. The highest BCUT2D eigenvalue weighted by atomic mass is 16.5. The second-order valence-electron chi connectivity index (χ2n) is 3.87. The van der Waals surface area contributed by atoms with E-state index in [1.807, 2.05) is 19.1 Å². The molecule has 86 valence electrons. The number of carbonyl (C=O) groups is 1. The van der Waals surface area contributed by atoms with E-state index in [0.29, 0.717) is 15.9 Å². The van der Waals surface area contributed by atoms with Crippen molar-refractivity contribution in [2.24, 2.45) is 0 Å². The third kappa shape index (κ3) is 2.25. The molecule has 0 saturated carbocycles. The van der Waals surface area contributed by atoms with Crippen molar-refractivity contribution in [3.63, 3.8) is 0 Å². The molecule has 1 heterocycles. The van der Waals surface area contributed by atoms with E-state index in [1.54, 1.807) is 12.1 Å². The molecule has 0 bridgehead atoms. The van der Waals surface area contributed by atoms with Crippen LogP contribution in [-0.2, 0) is 0 Å². The van der Waals surface area contributed by atoms with E-state index < -0.39 is 0 Å². The molecule has 0 radical (unpaired) electrons. The first-order chi connectivity index (χ1) is 8.08. The minimum absolute atomic E-state index is 0.174. The van der Waals surface area contributed by atoms with Gasteiger partial charge in [0.15, 0.2) is 12.0 Å². The summed E-state index contributed by atoms with van der Waals surface area (Å²) < 4.78 is 0.572. The molecule has 0 spiro atoms. The van der Waals surface area contributed by atoms with Gasteiger partial charge < -0.3 is 10.9 Å². The third-order valence-corrected chi connectivity index (χ3v) is 2.49. The van der Waals surface area contributed by atoms with Crippen LogP contribution in [0.1, 0.15) is 21.5 Å². The summed E-state index contributed by atoms with van der Waals surface area (Å²) in [5.74, 6) is -0.174. The van der Waals surface area contributed by atoms with E-state index in [0.717, 1.165) is 5.56 Å². The standard InChI is InChI=1S/C13H12N2O2/c1-9-3-2-4-10(7-9)13(16)11-5-6-15(17)8-12(11)14/h2-8H,14H2,1H3. The average Bonchev–Trinajstić information content (AvgIpc) is 2.28. The Balaban J connectivity index is 2.44. The number of aryl methyl sites for hydroxylation is 1. The van der Waals surface area contributed by atoms with Crippen molar-refractivity contribution in [1.29, 1.82) is 0 Å². The van der Waals surface area contributed by atoms with Crippen molar-refractivity contribution in [3.05, 3.63) is 64.6 Å². The number of anilines is 1. The number of hydrogen-bond donors (Lipinski definition) is 1. The number of rotatable bonds is 2. The predicted molar refractivity (Wildman–Crippen MR) is 64.4 cm³/mol. The van der Waals surface area contributed by atoms with Gasteiger partial charge in [0.2, 0.25) is 6.20 Å². The van der Waals surface area contributed by atoms with Crippen LogP contribution in [0.3, 0.4) is 0 Å². The van der Waals surface area contributed by atoms with E-state index in [4.69, 9.17) is 5.73 Å². The first-order valence-corrected chi connectivity index (χ1v) is 5.17. The number of pyridine rings is 1. The highest BCUT2D eigenvalue weighted by Gasteiger charge is 2.14. The molecule has 0 saturated heterocycles. The molecule has 2 aromatic rings. The quantitative estimate of drug-likeness (QED) is 0.480. The summed E-state index contributed by atoms with van der Waals surface area (Å²) in [4.78, 5) is 12.1. The Hall–Kier alpha value is -2.36. The number of carbonyl (C=O) groups excluding carboxylic acids is 1. The molecule has 1 aromatic heterocycles. The van der Waals surface area contributed by atoms with Gasteiger partial charge in [-0.25, -0.2) is 0 Å². The van der Waals surface area contributed by atoms with E-state index in [-0.39, 0.29) is 11.5 Å². The average molecular weight is 228 g/mol. The maximum atomic E-state index is 12.1. The van der Waals surface area contributed by atoms with Gasteiger partial charge in [-0.3, -0.25) is 4.79 Å². The molecular formula is C13H12N2O2. The van der Waals surface area contributed by atoms with Gasteiger partial charge in [-0.2, -0.15) is 4.73 Å². The second-order valence-corrected chi connectivity index (χ2v) is 3.87. The van der Waals surface area contributed by atoms with Gasteiger partial charge in [0.25, 0.3) is 0 Å². The van der Waals surface area contributed by atoms with Gasteiger partial charge in [0.1, 0.15) is 5.69 Å². The number of benzene rings is 1. The Morgan fingerprint density at radius 3 is 2.76 bits per heavy atom. The van der Waals surface area contributed by atoms with Gasteiger partial charge in [-0.15, -0.1) is 0 Å². The Morgan fingerprint density at radius 2 is 2.12 bits per heavy atom. The lowest BCUT2D eigenvalue weighted by atomic mass is 10.0. The lowest BCUT2D eigenvalue weighted by Crippen LogP contribution is -2.26. The maximum Gasteiger partial charge on any atom is 0.204 e. The fraction of sp³-hybridized carbons (Fsp3) is 0.0769. The van der Waals surface area contributed by atoms with Crippen LogP contribution in [0.15, 0.2) is 42.7 Å². The van der Waals surface area contributed by atoms with Crippen LogP contribution in [-0.4, -0.2) is 5.78 Å². The topological polar surface area (TPSA) is 70.0 Å². The molecule has 2 rings (SSSR count). The first-order valence-electron chi connectivity index (χ1n) is 5.17. The highest BCUT2D eigenvalue weighted by Crippen LogP contribution is 2.15. The highest BCUT2D eigenvalue weighted by molar-refractivity contribution is 6.11. The fourth-order valence-electron chi connectivity index (χ4n) is 1.64. The van der Waals surface area contributed by atoms with E-state index >= 15 is 0 Å². The SMILES string of the molecule is Cc1cccc(C(=O)c2cc[n+]([O-])cc2N)c1. The maximum absolute atomic E-state index is 12.1. The lowest BCUT2D eigenvalue weighted by molar-refractivity contribution is -0.604. The van der Waals surface area contributed by atoms with Crippen molar-refractivity contribution in [2.75, 3.05) is 5.73 Å². The Bertz CT molecular complexity index is 579. The second kappa shape index (κ2) is 4.25. The zero-order valence-corrected chi connectivity index (χ0v) is 9.38. The van der Waals surface area contributed by atoms with Gasteiger partial charge in [-0.05, 0) is 13.0 Å². The largest absolute Gasteiger partial charge is 0.619 e. The first kappa shape index (κ1) is 11.1. The summed E-state index contributed by atoms with van der Waals surface area (Å²) in [6.45, 7) is 1.91. The number of aromatic nitrogens is 1. The lowest BCUT2D eigenvalue weighted by Gasteiger charge is -2.05. The van der Waals surface area contributed by atoms with E-state index in [1.165, 1.54) is 18.5 Å². The molecule has 0 atom stereocenters. The van der Waals surface area contributed by atoms with E-state index in [9.17, 15) is 10.0 Å². The smallest absolute Gasteiger partial charge is 0.204 e. The Kier molecular flexibility index (Phi) is 2.78. The molecule has 0 aliphatic heterocycles. The van der Waals surface area contributed by atoms with E-state index in [2.05, 4.69) is 0 Å². The molecule has 0 aliphatic rings. The molecule has 0 fully saturated rings. The summed E-state index contributed by atoms with van der Waals surface area (Å²) in [6, 6.07) is 8.69. The molecule has 4 nitrogen and oxygen atoms in total. The zero-order chi connectivity index (χ0) is 12.4. The van der Waals surface area contributed by atoms with Crippen LogP contribution in [0.25, 0.3) is 0 Å². The predicted octanol–water partition coefficient (Wildman–Crippen LogP) is 1.44. The monoisotopic (exact) mass is 228 g/mol. The summed E-state index contributed by atoms with van der Waals surface area (Å²) in [7, 11) is 0. The number of nitrogen functional groups attached to an aromatic ring is 1. The number of nitrogens with zero attached hydrogens (tertiary/aromatic N) is 1. The number of hydrogen-bond acceptors (Lipinski definition) is 3. The molecule has 0 aliphatic carbocycles. The molecule has 0 unspecified atom stereocenters. The molecule has 1 aromatic carbocycles. The summed E-state index contributed by atoms with van der Waals surface area (Å²) in [5.41, 5.74) is 7.77. The van der Waals surface area contributed by atoms with Crippen molar-refractivity contribution < 1.29 is 9.52 Å². The Morgan fingerprint density at radius 1 is 1.35 bits per heavy atom. The van der Waals surface area contributed by atoms with Crippen LogP contribution in [0, 0.1) is 12.1 Å².